The van der Waals surface area contributed by atoms with Crippen LogP contribution in [0.1, 0.15) is 0 Å². The van der Waals surface area contributed by atoms with Gasteiger partial charge >= 0.3 is 0 Å². The Labute approximate surface area is 93.5 Å². The normalized spacial score (nSPS) is 8.00. The van der Waals surface area contributed by atoms with Crippen molar-refractivity contribution in [2.75, 3.05) is 0 Å². The van der Waals surface area contributed by atoms with Crippen molar-refractivity contribution in [3.8, 4) is 0 Å². The SMILES string of the molecule is O=[N+]([O-])O.O=[N+]([O-])n1cccn1.c1cn[nH]c1. The Hall–Kier alpha value is -2.98. The average Bonchev–Trinajstić information content (AvgIpc) is 2.94. The number of nitrogens with zero attached hydrogens (tertiary/aromatic N) is 5. The summed E-state index contributed by atoms with van der Waals surface area (Å²) in [5, 5.41) is 32.3. The van der Waals surface area contributed by atoms with Gasteiger partial charge in [0.15, 0.2) is 6.20 Å². The predicted molar refractivity (Wildman–Crippen MR) is 52.0 cm³/mol. The van der Waals surface area contributed by atoms with E-state index in [0.717, 1.165) is 0 Å². The minimum Gasteiger partial charge on any atom is -0.339 e. The molecule has 0 atom stereocenters. The van der Waals surface area contributed by atoms with E-state index in [2.05, 4.69) is 15.3 Å². The second kappa shape index (κ2) is 8.34. The lowest BCUT2D eigenvalue weighted by atomic mass is 10.8. The zero-order chi connectivity index (χ0) is 13.1. The number of aromatic amines is 1. The molecule has 0 spiro atoms. The van der Waals surface area contributed by atoms with Gasteiger partial charge in [-0.2, -0.15) is 5.10 Å². The van der Waals surface area contributed by atoms with Gasteiger partial charge in [-0.3, -0.25) is 5.10 Å². The predicted octanol–water partition coefficient (Wildman–Crippen LogP) is -0.0151. The van der Waals surface area contributed by atoms with E-state index < -0.39 is 10.1 Å². The Morgan fingerprint density at radius 1 is 1.24 bits per heavy atom. The van der Waals surface area contributed by atoms with E-state index in [-0.39, 0.29) is 0 Å². The number of hydrogen-bond donors (Lipinski definition) is 2. The maximum Gasteiger partial charge on any atom is 0.291 e. The first kappa shape index (κ1) is 14.0. The summed E-state index contributed by atoms with van der Waals surface area (Å²) in [6.45, 7) is 0. The number of H-pyrrole nitrogens is 1. The van der Waals surface area contributed by atoms with E-state index in [1.54, 1.807) is 12.4 Å². The highest BCUT2D eigenvalue weighted by Crippen LogP contribution is 1.79. The summed E-state index contributed by atoms with van der Waals surface area (Å²) in [6, 6.07) is 3.32. The van der Waals surface area contributed by atoms with Crippen molar-refractivity contribution in [2.45, 2.75) is 0 Å². The topological polar surface area (TPSA) is 153 Å². The van der Waals surface area contributed by atoms with Crippen LogP contribution < -0.4 is 0 Å². The van der Waals surface area contributed by atoms with E-state index in [0.29, 0.717) is 4.79 Å². The number of hydrogen-bond acceptors (Lipinski definition) is 6. The van der Waals surface area contributed by atoms with Crippen molar-refractivity contribution in [1.29, 1.82) is 0 Å². The molecular weight excluding hydrogens is 236 g/mol. The summed E-state index contributed by atoms with van der Waals surface area (Å²) >= 11 is 0. The Bertz CT molecular complexity index is 391. The standard InChI is InChI=1S/C3H3N3O2.C3H4N2.HNO3/c7-6(8)5-3-1-2-4-5;1-2-4-5-3-1;2-1(3)4/h1-3H;1-3H,(H,4,5);(H,2,3,4). The minimum absolute atomic E-state index is 0.611. The van der Waals surface area contributed by atoms with Gasteiger partial charge in [0.1, 0.15) is 6.20 Å². The molecule has 2 heterocycles. The summed E-state index contributed by atoms with van der Waals surface area (Å²) in [5.74, 6) is 0. The molecule has 0 aliphatic rings. The van der Waals surface area contributed by atoms with Gasteiger partial charge in [0.05, 0.1) is 5.03 Å². The summed E-state index contributed by atoms with van der Waals surface area (Å²) < 4.78 is 0. The molecule has 0 saturated carbocycles. The van der Waals surface area contributed by atoms with Crippen LogP contribution in [0.15, 0.2) is 36.9 Å². The maximum atomic E-state index is 9.77. The average molecular weight is 244 g/mol. The zero-order valence-corrected chi connectivity index (χ0v) is 8.28. The van der Waals surface area contributed by atoms with Crippen molar-refractivity contribution < 1.29 is 15.3 Å². The molecule has 17 heavy (non-hydrogen) atoms. The first-order valence-electron chi connectivity index (χ1n) is 3.95. The van der Waals surface area contributed by atoms with E-state index in [9.17, 15) is 10.1 Å². The third kappa shape index (κ3) is 9.33. The second-order valence-electron chi connectivity index (χ2n) is 2.17. The van der Waals surface area contributed by atoms with Crippen molar-refractivity contribution in [2.24, 2.45) is 0 Å². The Morgan fingerprint density at radius 3 is 2.06 bits per heavy atom. The molecule has 2 aromatic heterocycles. The highest BCUT2D eigenvalue weighted by atomic mass is 16.9. The molecule has 0 aliphatic carbocycles. The van der Waals surface area contributed by atoms with Crippen LogP contribution in [0.4, 0.5) is 0 Å². The van der Waals surface area contributed by atoms with Gasteiger partial charge < -0.3 is 15.3 Å². The van der Waals surface area contributed by atoms with Crippen molar-refractivity contribution in [1.82, 2.24) is 20.1 Å². The lowest BCUT2D eigenvalue weighted by Crippen LogP contribution is -2.07. The molecule has 0 bridgehead atoms. The van der Waals surface area contributed by atoms with Gasteiger partial charge in [0.25, 0.3) is 5.09 Å². The number of nitrogens with one attached hydrogen (secondary N) is 1. The first-order valence-corrected chi connectivity index (χ1v) is 3.95. The Kier molecular flexibility index (Phi) is 6.88. The van der Waals surface area contributed by atoms with Gasteiger partial charge in [-0.05, 0) is 6.07 Å². The number of aromatic nitrogens is 4. The highest BCUT2D eigenvalue weighted by molar-refractivity contribution is 4.74. The van der Waals surface area contributed by atoms with Crippen LogP contribution in [-0.4, -0.2) is 35.4 Å². The van der Waals surface area contributed by atoms with Crippen LogP contribution in [-0.2, 0) is 0 Å². The molecule has 11 nitrogen and oxygen atoms in total. The third-order valence-electron chi connectivity index (χ3n) is 1.06. The molecule has 2 aromatic rings. The first-order chi connectivity index (χ1) is 8.04. The summed E-state index contributed by atoms with van der Waals surface area (Å²) in [4.78, 5) is 18.8. The van der Waals surface area contributed by atoms with E-state index in [1.807, 2.05) is 6.07 Å². The summed E-state index contributed by atoms with van der Waals surface area (Å²) in [5.41, 5.74) is 0. The van der Waals surface area contributed by atoms with Gasteiger partial charge in [-0.15, -0.1) is 10.1 Å². The Morgan fingerprint density at radius 2 is 1.88 bits per heavy atom. The van der Waals surface area contributed by atoms with Crippen molar-refractivity contribution in [3.05, 3.63) is 57.1 Å². The van der Waals surface area contributed by atoms with Crippen LogP contribution in [0.25, 0.3) is 0 Å². The van der Waals surface area contributed by atoms with Gasteiger partial charge in [-0.25, -0.2) is 0 Å². The zero-order valence-electron chi connectivity index (χ0n) is 8.28. The molecule has 0 amide bonds. The molecule has 2 rings (SSSR count). The summed E-state index contributed by atoms with van der Waals surface area (Å²) in [6.07, 6.45) is 6.07. The van der Waals surface area contributed by atoms with Gasteiger partial charge in [-0.1, -0.05) is 0 Å². The van der Waals surface area contributed by atoms with E-state index in [1.165, 1.54) is 18.5 Å². The molecule has 2 N–H and O–H groups in total. The fourth-order valence-electron chi connectivity index (χ4n) is 0.573. The second-order valence-corrected chi connectivity index (χ2v) is 2.17. The van der Waals surface area contributed by atoms with Crippen molar-refractivity contribution >= 4 is 0 Å². The fraction of sp³-hybridized carbons (Fsp3) is 0. The Balaban J connectivity index is 0.000000246. The lowest BCUT2D eigenvalue weighted by Gasteiger charge is -1.85. The van der Waals surface area contributed by atoms with Crippen LogP contribution in [0, 0.1) is 20.2 Å². The molecule has 92 valence electrons. The monoisotopic (exact) mass is 244 g/mol. The van der Waals surface area contributed by atoms with Gasteiger partial charge in [0, 0.05) is 28.3 Å². The van der Waals surface area contributed by atoms with E-state index in [4.69, 9.17) is 15.3 Å². The lowest BCUT2D eigenvalue weighted by molar-refractivity contribution is -0.742. The van der Waals surface area contributed by atoms with Crippen LogP contribution in [0.3, 0.4) is 0 Å². The highest BCUT2D eigenvalue weighted by Gasteiger charge is 1.94. The number of nitro groups is 1. The van der Waals surface area contributed by atoms with Gasteiger partial charge in [0.2, 0.25) is 0 Å². The molecule has 0 unspecified atom stereocenters. The van der Waals surface area contributed by atoms with Crippen molar-refractivity contribution in [3.63, 3.8) is 0 Å². The fourth-order valence-corrected chi connectivity index (χ4v) is 0.573. The maximum absolute atomic E-state index is 9.77. The molecule has 0 aromatic carbocycles. The quantitative estimate of drug-likeness (QED) is 0.527. The molecule has 0 radical (unpaired) electrons. The smallest absolute Gasteiger partial charge is 0.291 e. The minimum atomic E-state index is -1.50. The molecule has 11 heteroatoms. The largest absolute Gasteiger partial charge is 0.339 e. The summed E-state index contributed by atoms with van der Waals surface area (Å²) in [7, 11) is 0. The molecular formula is C6H8N6O5. The van der Waals surface area contributed by atoms with Crippen LogP contribution in [0.2, 0.25) is 0 Å². The number of rotatable bonds is 1. The van der Waals surface area contributed by atoms with E-state index >= 15 is 0 Å². The van der Waals surface area contributed by atoms with Crippen LogP contribution in [0.5, 0.6) is 0 Å². The molecule has 0 fully saturated rings. The third-order valence-corrected chi connectivity index (χ3v) is 1.06. The molecule has 0 saturated heterocycles. The molecule has 0 aliphatic heterocycles. The van der Waals surface area contributed by atoms with Crippen LogP contribution >= 0.6 is 0 Å².